The minimum atomic E-state index is -0.753. The van der Waals surface area contributed by atoms with Gasteiger partial charge in [-0.15, -0.1) is 0 Å². The first-order valence-corrected chi connectivity index (χ1v) is 8.42. The van der Waals surface area contributed by atoms with E-state index >= 15 is 0 Å². The molecule has 0 spiro atoms. The average Bonchev–Trinajstić information content (AvgIpc) is 2.55. The summed E-state index contributed by atoms with van der Waals surface area (Å²) in [6.45, 7) is 4.32. The second kappa shape index (κ2) is 9.18. The molecule has 2 aromatic carbocycles. The summed E-state index contributed by atoms with van der Waals surface area (Å²) in [5.74, 6) is 0.284. The van der Waals surface area contributed by atoms with Crippen molar-refractivity contribution in [3.05, 3.63) is 65.5 Å². The summed E-state index contributed by atoms with van der Waals surface area (Å²) in [7, 11) is 0. The first-order valence-electron chi connectivity index (χ1n) is 8.42. The molecule has 134 valence electrons. The molecular weight excluding hydrogens is 321 g/mol. The van der Waals surface area contributed by atoms with Crippen molar-refractivity contribution in [1.29, 1.82) is 0 Å². The number of amides is 1. The minimum absolute atomic E-state index is 0.118. The van der Waals surface area contributed by atoms with Gasteiger partial charge in [-0.25, -0.2) is 4.39 Å². The van der Waals surface area contributed by atoms with E-state index in [2.05, 4.69) is 5.32 Å². The smallest absolute Gasteiger partial charge is 0.224 e. The molecule has 0 aliphatic carbocycles. The Morgan fingerprint density at radius 2 is 1.96 bits per heavy atom. The maximum absolute atomic E-state index is 12.9. The maximum atomic E-state index is 12.9. The third-order valence-electron chi connectivity index (χ3n) is 3.81. The first-order chi connectivity index (χ1) is 12.0. The second-order valence-corrected chi connectivity index (χ2v) is 6.03. The van der Waals surface area contributed by atoms with Crippen LogP contribution in [0.4, 0.5) is 4.39 Å². The number of carbonyl (C=O) groups excluding carboxylic acids is 1. The minimum Gasteiger partial charge on any atom is -0.494 e. The highest BCUT2D eigenvalue weighted by atomic mass is 19.1. The zero-order chi connectivity index (χ0) is 18.2. The van der Waals surface area contributed by atoms with Crippen LogP contribution in [-0.4, -0.2) is 23.7 Å². The van der Waals surface area contributed by atoms with Crippen molar-refractivity contribution in [3.8, 4) is 5.75 Å². The molecule has 25 heavy (non-hydrogen) atoms. The molecule has 0 saturated carbocycles. The van der Waals surface area contributed by atoms with Gasteiger partial charge >= 0.3 is 0 Å². The number of hydrogen-bond donors (Lipinski definition) is 2. The van der Waals surface area contributed by atoms with Gasteiger partial charge in [0.25, 0.3) is 0 Å². The number of aliphatic hydroxyl groups is 1. The van der Waals surface area contributed by atoms with Crippen LogP contribution in [-0.2, 0) is 11.2 Å². The molecule has 0 aliphatic heterocycles. The van der Waals surface area contributed by atoms with Crippen LogP contribution in [0.15, 0.2) is 48.5 Å². The van der Waals surface area contributed by atoms with Crippen molar-refractivity contribution in [1.82, 2.24) is 5.32 Å². The van der Waals surface area contributed by atoms with Crippen LogP contribution in [0.3, 0.4) is 0 Å². The SMILES string of the molecule is CCOc1cccc(CC(=O)NC(C)CC(O)c2ccc(F)cc2)c1. The van der Waals surface area contributed by atoms with Gasteiger partial charge in [-0.05, 0) is 55.7 Å². The van der Waals surface area contributed by atoms with Gasteiger partial charge in [0.15, 0.2) is 0 Å². The number of aliphatic hydroxyl groups excluding tert-OH is 1. The Hall–Kier alpha value is -2.40. The van der Waals surface area contributed by atoms with E-state index in [1.165, 1.54) is 12.1 Å². The van der Waals surface area contributed by atoms with Crippen LogP contribution in [0.5, 0.6) is 5.75 Å². The van der Waals surface area contributed by atoms with E-state index in [0.717, 1.165) is 11.3 Å². The zero-order valence-corrected chi connectivity index (χ0v) is 14.5. The van der Waals surface area contributed by atoms with Crippen LogP contribution in [0.1, 0.15) is 37.5 Å². The van der Waals surface area contributed by atoms with E-state index in [9.17, 15) is 14.3 Å². The van der Waals surface area contributed by atoms with Gasteiger partial charge in [-0.1, -0.05) is 24.3 Å². The Labute approximate surface area is 147 Å². The summed E-state index contributed by atoms with van der Waals surface area (Å²) in [5.41, 5.74) is 1.50. The number of hydrogen-bond acceptors (Lipinski definition) is 3. The summed E-state index contributed by atoms with van der Waals surface area (Å²) in [6.07, 6.45) is -0.147. The molecule has 0 radical (unpaired) electrons. The molecule has 2 N–H and O–H groups in total. The van der Waals surface area contributed by atoms with Gasteiger partial charge in [0.1, 0.15) is 11.6 Å². The van der Waals surface area contributed by atoms with Crippen molar-refractivity contribution in [2.24, 2.45) is 0 Å². The molecule has 0 aliphatic rings. The van der Waals surface area contributed by atoms with Gasteiger partial charge < -0.3 is 15.2 Å². The van der Waals surface area contributed by atoms with Gasteiger partial charge in [-0.2, -0.15) is 0 Å². The van der Waals surface area contributed by atoms with Crippen molar-refractivity contribution >= 4 is 5.91 Å². The maximum Gasteiger partial charge on any atom is 0.224 e. The number of nitrogens with one attached hydrogen (secondary N) is 1. The normalized spacial score (nSPS) is 13.1. The highest BCUT2D eigenvalue weighted by Gasteiger charge is 2.15. The van der Waals surface area contributed by atoms with Gasteiger partial charge in [-0.3, -0.25) is 4.79 Å². The molecule has 0 saturated heterocycles. The van der Waals surface area contributed by atoms with E-state index in [4.69, 9.17) is 4.74 Å². The summed E-state index contributed by atoms with van der Waals surface area (Å²) in [4.78, 5) is 12.2. The Morgan fingerprint density at radius 1 is 1.24 bits per heavy atom. The molecule has 2 unspecified atom stereocenters. The van der Waals surface area contributed by atoms with Crippen molar-refractivity contribution in [3.63, 3.8) is 0 Å². The lowest BCUT2D eigenvalue weighted by molar-refractivity contribution is -0.121. The number of carbonyl (C=O) groups is 1. The first kappa shape index (κ1) is 18.9. The highest BCUT2D eigenvalue weighted by Crippen LogP contribution is 2.19. The van der Waals surface area contributed by atoms with Crippen molar-refractivity contribution < 1.29 is 19.0 Å². The molecule has 2 aromatic rings. The lowest BCUT2D eigenvalue weighted by Gasteiger charge is -2.18. The standard InChI is InChI=1S/C20H24FNO3/c1-3-25-18-6-4-5-15(12-18)13-20(24)22-14(2)11-19(23)16-7-9-17(21)10-8-16/h4-10,12,14,19,23H,3,11,13H2,1-2H3,(H,22,24). The summed E-state index contributed by atoms with van der Waals surface area (Å²) >= 11 is 0. The van der Waals surface area contributed by atoms with Crippen LogP contribution in [0.25, 0.3) is 0 Å². The van der Waals surface area contributed by atoms with E-state index in [-0.39, 0.29) is 24.2 Å². The Balaban J connectivity index is 1.85. The van der Waals surface area contributed by atoms with Gasteiger partial charge in [0.2, 0.25) is 5.91 Å². The largest absolute Gasteiger partial charge is 0.494 e. The molecule has 2 rings (SSSR count). The van der Waals surface area contributed by atoms with E-state index < -0.39 is 6.10 Å². The van der Waals surface area contributed by atoms with Crippen LogP contribution >= 0.6 is 0 Å². The monoisotopic (exact) mass is 345 g/mol. The molecule has 1 amide bonds. The molecule has 0 heterocycles. The second-order valence-electron chi connectivity index (χ2n) is 6.03. The lowest BCUT2D eigenvalue weighted by atomic mass is 10.0. The Kier molecular flexibility index (Phi) is 6.95. The molecule has 5 heteroatoms. The number of ether oxygens (including phenoxy) is 1. The third-order valence-corrected chi connectivity index (χ3v) is 3.81. The summed E-state index contributed by atoms with van der Waals surface area (Å²) < 4.78 is 18.3. The highest BCUT2D eigenvalue weighted by molar-refractivity contribution is 5.78. The average molecular weight is 345 g/mol. The fourth-order valence-corrected chi connectivity index (χ4v) is 2.64. The molecule has 0 bridgehead atoms. The Bertz CT molecular complexity index is 688. The quantitative estimate of drug-likeness (QED) is 0.771. The van der Waals surface area contributed by atoms with E-state index in [1.807, 2.05) is 38.1 Å². The number of rotatable bonds is 8. The third kappa shape index (κ3) is 6.19. The van der Waals surface area contributed by atoms with Crippen LogP contribution < -0.4 is 10.1 Å². The van der Waals surface area contributed by atoms with Crippen LogP contribution in [0.2, 0.25) is 0 Å². The number of halogens is 1. The fraction of sp³-hybridized carbons (Fsp3) is 0.350. The fourth-order valence-electron chi connectivity index (χ4n) is 2.64. The van der Waals surface area contributed by atoms with Gasteiger partial charge in [0, 0.05) is 6.04 Å². The molecule has 0 fully saturated rings. The summed E-state index contributed by atoms with van der Waals surface area (Å²) in [5, 5.41) is 13.1. The summed E-state index contributed by atoms with van der Waals surface area (Å²) in [6, 6.07) is 13.0. The van der Waals surface area contributed by atoms with Gasteiger partial charge in [0.05, 0.1) is 19.1 Å². The topological polar surface area (TPSA) is 58.6 Å². The van der Waals surface area contributed by atoms with E-state index in [1.54, 1.807) is 12.1 Å². The molecule has 2 atom stereocenters. The van der Waals surface area contributed by atoms with Crippen molar-refractivity contribution in [2.45, 2.75) is 38.8 Å². The zero-order valence-electron chi connectivity index (χ0n) is 14.5. The van der Waals surface area contributed by atoms with E-state index in [0.29, 0.717) is 18.6 Å². The van der Waals surface area contributed by atoms with Crippen molar-refractivity contribution in [2.75, 3.05) is 6.61 Å². The molecular formula is C20H24FNO3. The number of benzene rings is 2. The Morgan fingerprint density at radius 3 is 2.64 bits per heavy atom. The lowest BCUT2D eigenvalue weighted by Crippen LogP contribution is -2.34. The predicted molar refractivity (Wildman–Crippen MR) is 94.9 cm³/mol. The molecule has 0 aromatic heterocycles. The predicted octanol–water partition coefficient (Wildman–Crippen LogP) is 3.40. The molecule has 4 nitrogen and oxygen atoms in total. The van der Waals surface area contributed by atoms with Crippen LogP contribution in [0, 0.1) is 5.82 Å².